The van der Waals surface area contributed by atoms with Crippen LogP contribution in [0.3, 0.4) is 0 Å². The summed E-state index contributed by atoms with van der Waals surface area (Å²) in [5.41, 5.74) is -0.913. The number of imide groups is 1. The number of hydrogen-bond donors (Lipinski definition) is 0. The average molecular weight is 436 g/mol. The molecule has 1 atom stereocenters. The van der Waals surface area contributed by atoms with Gasteiger partial charge in [0, 0.05) is 32.7 Å². The summed E-state index contributed by atoms with van der Waals surface area (Å²) in [6, 6.07) is 3.56. The summed E-state index contributed by atoms with van der Waals surface area (Å²) < 4.78 is 15.5. The Bertz CT molecular complexity index is 799. The van der Waals surface area contributed by atoms with Crippen LogP contribution in [0.15, 0.2) is 16.5 Å². The maximum Gasteiger partial charge on any atom is 0.328 e. The number of carbonyl (C=O) groups excluding carboxylic acids is 3. The average Bonchev–Trinajstić information content (AvgIpc) is 3.28. The van der Waals surface area contributed by atoms with Crippen LogP contribution in [0, 0.1) is 6.92 Å². The van der Waals surface area contributed by atoms with Gasteiger partial charge in [-0.05, 0) is 44.9 Å². The quantitative estimate of drug-likeness (QED) is 0.433. The van der Waals surface area contributed by atoms with Crippen molar-refractivity contribution in [1.29, 1.82) is 0 Å². The van der Waals surface area contributed by atoms with Gasteiger partial charge in [-0.25, -0.2) is 4.79 Å². The van der Waals surface area contributed by atoms with Crippen LogP contribution in [0.1, 0.15) is 43.6 Å². The predicted molar refractivity (Wildman–Crippen MR) is 113 cm³/mol. The van der Waals surface area contributed by atoms with Gasteiger partial charge in [0.25, 0.3) is 5.91 Å². The normalized spacial score (nSPS) is 20.0. The van der Waals surface area contributed by atoms with Crippen molar-refractivity contribution in [3.63, 3.8) is 0 Å². The van der Waals surface area contributed by atoms with Crippen LogP contribution in [0.5, 0.6) is 0 Å². The minimum absolute atomic E-state index is 0.307. The Kier molecular flexibility index (Phi) is 7.38. The molecule has 2 aliphatic heterocycles. The first-order valence-electron chi connectivity index (χ1n) is 10.8. The molecule has 3 heterocycles. The van der Waals surface area contributed by atoms with E-state index in [0.717, 1.165) is 29.4 Å². The number of esters is 1. The van der Waals surface area contributed by atoms with E-state index < -0.39 is 17.5 Å². The lowest BCUT2D eigenvalue weighted by Gasteiger charge is -2.42. The van der Waals surface area contributed by atoms with Crippen molar-refractivity contribution >= 4 is 17.9 Å². The molecule has 3 rings (SSSR count). The molecule has 0 bridgehead atoms. The Morgan fingerprint density at radius 1 is 1.19 bits per heavy atom. The molecule has 9 nitrogen and oxygen atoms in total. The van der Waals surface area contributed by atoms with Gasteiger partial charge < -0.3 is 23.7 Å². The molecule has 0 radical (unpaired) electrons. The number of likely N-dealkylation sites (tertiary alicyclic amines) is 1. The van der Waals surface area contributed by atoms with E-state index in [-0.39, 0.29) is 12.5 Å². The van der Waals surface area contributed by atoms with Gasteiger partial charge in [-0.3, -0.25) is 14.5 Å². The third-order valence-corrected chi connectivity index (χ3v) is 6.46. The third kappa shape index (κ3) is 4.77. The molecular formula is C22H33N3O6. The van der Waals surface area contributed by atoms with Gasteiger partial charge in [0.2, 0.25) is 0 Å². The second-order valence-corrected chi connectivity index (χ2v) is 8.41. The van der Waals surface area contributed by atoms with Crippen molar-refractivity contribution in [2.75, 3.05) is 53.6 Å². The van der Waals surface area contributed by atoms with Crippen molar-refractivity contribution in [1.82, 2.24) is 14.7 Å². The predicted octanol–water partition coefficient (Wildman–Crippen LogP) is 2.00. The minimum Gasteiger partial charge on any atom is -0.468 e. The number of ether oxygens (including phenoxy) is 2. The zero-order valence-corrected chi connectivity index (χ0v) is 18.9. The highest BCUT2D eigenvalue weighted by molar-refractivity contribution is 6.08. The molecule has 2 fully saturated rings. The monoisotopic (exact) mass is 435 g/mol. The Morgan fingerprint density at radius 3 is 2.48 bits per heavy atom. The van der Waals surface area contributed by atoms with Gasteiger partial charge in [-0.15, -0.1) is 0 Å². The first kappa shape index (κ1) is 23.3. The van der Waals surface area contributed by atoms with Crippen molar-refractivity contribution in [3.05, 3.63) is 23.7 Å². The van der Waals surface area contributed by atoms with Crippen LogP contribution in [0.2, 0.25) is 0 Å². The number of methoxy groups -OCH3 is 2. The summed E-state index contributed by atoms with van der Waals surface area (Å²) in [6.45, 7) is 6.69. The van der Waals surface area contributed by atoms with Crippen LogP contribution < -0.4 is 0 Å². The van der Waals surface area contributed by atoms with Gasteiger partial charge in [0.1, 0.15) is 23.6 Å². The third-order valence-electron chi connectivity index (χ3n) is 6.46. The number of amides is 3. The molecule has 1 unspecified atom stereocenters. The van der Waals surface area contributed by atoms with Gasteiger partial charge in [-0.2, -0.15) is 0 Å². The molecular weight excluding hydrogens is 402 g/mol. The number of rotatable bonds is 9. The fraction of sp³-hybridized carbons (Fsp3) is 0.682. The fourth-order valence-corrected chi connectivity index (χ4v) is 4.47. The van der Waals surface area contributed by atoms with E-state index in [4.69, 9.17) is 9.15 Å². The Labute approximate surface area is 183 Å². The number of aryl methyl sites for hydroxylation is 1. The fourth-order valence-electron chi connectivity index (χ4n) is 4.47. The second kappa shape index (κ2) is 9.82. The largest absolute Gasteiger partial charge is 0.468 e. The molecule has 31 heavy (non-hydrogen) atoms. The molecule has 1 aromatic heterocycles. The highest BCUT2D eigenvalue weighted by Gasteiger charge is 2.58. The molecule has 0 aliphatic carbocycles. The Morgan fingerprint density at radius 2 is 1.90 bits per heavy atom. The molecule has 0 N–H and O–H groups in total. The zero-order chi connectivity index (χ0) is 22.6. The number of carbonyl (C=O) groups is 3. The molecule has 1 spiro atoms. The van der Waals surface area contributed by atoms with Gasteiger partial charge in [0.05, 0.1) is 13.7 Å². The SMILES string of the molecule is COCCN1C(=O)N(CC(=O)OC)C(=O)C12CCN(CCC(C)c1ccc(C)o1)CC2. The van der Waals surface area contributed by atoms with Crippen molar-refractivity contribution < 1.29 is 28.3 Å². The number of furan rings is 1. The van der Waals surface area contributed by atoms with E-state index >= 15 is 0 Å². The molecule has 3 amide bonds. The summed E-state index contributed by atoms with van der Waals surface area (Å²) in [4.78, 5) is 42.9. The maximum atomic E-state index is 13.3. The van der Waals surface area contributed by atoms with Crippen LogP contribution >= 0.6 is 0 Å². The Hall–Kier alpha value is -2.39. The smallest absolute Gasteiger partial charge is 0.328 e. The lowest BCUT2D eigenvalue weighted by molar-refractivity contribution is -0.146. The summed E-state index contributed by atoms with van der Waals surface area (Å²) in [7, 11) is 2.81. The van der Waals surface area contributed by atoms with Crippen LogP contribution in [0.25, 0.3) is 0 Å². The highest BCUT2D eigenvalue weighted by atomic mass is 16.5. The van der Waals surface area contributed by atoms with Crippen LogP contribution in [0.4, 0.5) is 4.79 Å². The van der Waals surface area contributed by atoms with Crippen LogP contribution in [-0.4, -0.2) is 91.7 Å². The molecule has 9 heteroatoms. The molecule has 172 valence electrons. The van der Waals surface area contributed by atoms with Crippen molar-refractivity contribution in [2.45, 2.75) is 44.6 Å². The summed E-state index contributed by atoms with van der Waals surface area (Å²) in [5.74, 6) is 1.31. The first-order valence-corrected chi connectivity index (χ1v) is 10.8. The summed E-state index contributed by atoms with van der Waals surface area (Å²) in [6.07, 6.45) is 2.02. The van der Waals surface area contributed by atoms with Crippen molar-refractivity contribution in [2.24, 2.45) is 0 Å². The summed E-state index contributed by atoms with van der Waals surface area (Å²) in [5, 5.41) is 0. The van der Waals surface area contributed by atoms with Gasteiger partial charge in [0.15, 0.2) is 0 Å². The zero-order valence-electron chi connectivity index (χ0n) is 18.9. The standard InChI is InChI=1S/C22H33N3O6/c1-16(18-6-5-17(2)31-18)7-10-23-11-8-22(9-12-23)20(27)24(15-19(26)30-4)21(28)25(22)13-14-29-3/h5-6,16H,7-15H2,1-4H3. The van der Waals surface area contributed by atoms with E-state index in [0.29, 0.717) is 45.0 Å². The molecule has 2 aliphatic rings. The number of nitrogens with zero attached hydrogens (tertiary/aromatic N) is 3. The van der Waals surface area contributed by atoms with Gasteiger partial charge >= 0.3 is 12.0 Å². The van der Waals surface area contributed by atoms with Crippen molar-refractivity contribution in [3.8, 4) is 0 Å². The number of urea groups is 1. The molecule has 0 saturated carbocycles. The van der Waals surface area contributed by atoms with E-state index in [1.807, 2.05) is 19.1 Å². The van der Waals surface area contributed by atoms with Gasteiger partial charge in [-0.1, -0.05) is 6.92 Å². The van der Waals surface area contributed by atoms with E-state index in [2.05, 4.69) is 16.6 Å². The second-order valence-electron chi connectivity index (χ2n) is 8.41. The highest BCUT2D eigenvalue weighted by Crippen LogP contribution is 2.37. The molecule has 0 aromatic carbocycles. The first-order chi connectivity index (χ1) is 14.8. The maximum absolute atomic E-state index is 13.3. The topological polar surface area (TPSA) is 92.5 Å². The minimum atomic E-state index is -0.913. The lowest BCUT2D eigenvalue weighted by atomic mass is 9.85. The molecule has 1 aromatic rings. The summed E-state index contributed by atoms with van der Waals surface area (Å²) >= 11 is 0. The Balaban J connectivity index is 1.64. The number of piperidine rings is 1. The number of hydrogen-bond acceptors (Lipinski definition) is 7. The lowest BCUT2D eigenvalue weighted by Crippen LogP contribution is -2.57. The van der Waals surface area contributed by atoms with Crippen LogP contribution in [-0.2, 0) is 19.1 Å². The van der Waals surface area contributed by atoms with E-state index in [9.17, 15) is 14.4 Å². The molecule has 2 saturated heterocycles. The van der Waals surface area contributed by atoms with E-state index in [1.165, 1.54) is 7.11 Å². The van der Waals surface area contributed by atoms with E-state index in [1.54, 1.807) is 12.0 Å².